The van der Waals surface area contributed by atoms with Crippen LogP contribution < -0.4 is 0 Å². The first kappa shape index (κ1) is 41.8. The Labute approximate surface area is 325 Å². The van der Waals surface area contributed by atoms with E-state index in [9.17, 15) is 24.0 Å². The average Bonchev–Trinajstić information content (AvgIpc) is 3.91. The number of carbonyl (C=O) groups excluding carboxylic acids is 6. The fourth-order valence-electron chi connectivity index (χ4n) is 8.32. The number of pyridine rings is 1. The van der Waals surface area contributed by atoms with E-state index in [1.165, 1.54) is 25.3 Å². The van der Waals surface area contributed by atoms with E-state index in [0.29, 0.717) is 5.56 Å². The smallest absolute Gasteiger partial charge is 0.338 e. The third-order valence-electron chi connectivity index (χ3n) is 10.8. The Hall–Kier alpha value is -5.37. The lowest BCUT2D eigenvalue weighted by molar-refractivity contribution is -0.188. The highest BCUT2D eigenvalue weighted by Crippen LogP contribution is 2.55. The first-order valence-corrected chi connectivity index (χ1v) is 18.4. The summed E-state index contributed by atoms with van der Waals surface area (Å²) in [5.41, 5.74) is -2.79. The number of rotatable bonds is 9. The monoisotopic (exact) mass is 775 g/mol. The van der Waals surface area contributed by atoms with E-state index >= 15 is 4.79 Å². The van der Waals surface area contributed by atoms with Crippen LogP contribution in [0.4, 0.5) is 0 Å². The third-order valence-corrected chi connectivity index (χ3v) is 10.8. The van der Waals surface area contributed by atoms with Crippen molar-refractivity contribution in [3.63, 3.8) is 0 Å². The largest absolute Gasteiger partial charge is 0.486 e. The molecule has 1 aromatic heterocycles. The van der Waals surface area contributed by atoms with Crippen LogP contribution in [0.2, 0.25) is 0 Å². The molecular weight excluding hydrogens is 726 g/mol. The predicted molar refractivity (Wildman–Crippen MR) is 198 cm³/mol. The second kappa shape index (κ2) is 16.4. The number of epoxide rings is 1. The van der Waals surface area contributed by atoms with Gasteiger partial charge in [-0.3, -0.25) is 29.0 Å². The Bertz CT molecular complexity index is 1880. The normalized spacial score (nSPS) is 32.1. The van der Waals surface area contributed by atoms with Gasteiger partial charge in [-0.05, 0) is 30.2 Å². The maximum atomic E-state index is 15.1. The molecule has 0 radical (unpaired) electrons. The molecule has 2 aromatic rings. The van der Waals surface area contributed by atoms with Crippen LogP contribution in [0, 0.1) is 23.2 Å². The molecule has 2 heterocycles. The number of esters is 5. The quantitative estimate of drug-likeness (QED) is 0.109. The lowest BCUT2D eigenvalue weighted by Crippen LogP contribution is -2.60. The van der Waals surface area contributed by atoms with Crippen LogP contribution in [0.1, 0.15) is 77.7 Å². The second-order valence-corrected chi connectivity index (χ2v) is 15.3. The van der Waals surface area contributed by atoms with Crippen molar-refractivity contribution in [1.29, 1.82) is 0 Å². The highest BCUT2D eigenvalue weighted by molar-refractivity contribution is 5.93. The molecule has 2 aliphatic carbocycles. The number of ether oxygens (including phenoxy) is 7. The molecule has 3 aliphatic rings. The zero-order valence-electron chi connectivity index (χ0n) is 32.8. The molecule has 1 saturated heterocycles. The van der Waals surface area contributed by atoms with Gasteiger partial charge in [-0.2, -0.15) is 0 Å². The topological polar surface area (TPSA) is 183 Å². The molecule has 0 amide bonds. The molecule has 3 fully saturated rings. The Balaban J connectivity index is 1.82. The average molecular weight is 776 g/mol. The summed E-state index contributed by atoms with van der Waals surface area (Å²) in [7, 11) is 0. The van der Waals surface area contributed by atoms with Crippen LogP contribution in [0.25, 0.3) is 5.76 Å². The van der Waals surface area contributed by atoms with Gasteiger partial charge in [0.1, 0.15) is 24.1 Å². The molecule has 0 spiro atoms. The molecule has 300 valence electrons. The van der Waals surface area contributed by atoms with Gasteiger partial charge in [-0.15, -0.1) is 0 Å². The molecule has 0 N–H and O–H groups in total. The Morgan fingerprint density at radius 1 is 0.786 bits per heavy atom. The minimum absolute atomic E-state index is 0.113. The zero-order valence-corrected chi connectivity index (χ0v) is 32.8. The van der Waals surface area contributed by atoms with Crippen molar-refractivity contribution in [3.8, 4) is 0 Å². The molecule has 14 heteroatoms. The number of benzene rings is 1. The van der Waals surface area contributed by atoms with Crippen LogP contribution in [-0.2, 0) is 57.1 Å². The summed E-state index contributed by atoms with van der Waals surface area (Å²) in [5, 5.41) is 0. The minimum atomic E-state index is -2.06. The minimum Gasteiger partial charge on any atom is -0.486 e. The van der Waals surface area contributed by atoms with Gasteiger partial charge in [0.2, 0.25) is 0 Å². The van der Waals surface area contributed by atoms with Gasteiger partial charge in [-0.1, -0.05) is 59.1 Å². The van der Waals surface area contributed by atoms with E-state index in [2.05, 4.69) is 18.1 Å². The number of nitrogens with zero attached hydrogens (tertiary/aromatic N) is 1. The molecular formula is C42H49NO13. The molecule has 14 nitrogen and oxygen atoms in total. The van der Waals surface area contributed by atoms with Crippen LogP contribution in [-0.4, -0.2) is 88.9 Å². The van der Waals surface area contributed by atoms with Crippen molar-refractivity contribution in [2.75, 3.05) is 0 Å². The Kier molecular flexibility index (Phi) is 12.2. The van der Waals surface area contributed by atoms with Crippen LogP contribution in [0.5, 0.6) is 0 Å². The van der Waals surface area contributed by atoms with Gasteiger partial charge in [0.05, 0.1) is 23.7 Å². The molecule has 2 saturated carbocycles. The van der Waals surface area contributed by atoms with Crippen molar-refractivity contribution < 1.29 is 61.9 Å². The van der Waals surface area contributed by atoms with Crippen LogP contribution >= 0.6 is 0 Å². The number of hydrogen-bond acceptors (Lipinski definition) is 14. The highest BCUT2D eigenvalue weighted by Gasteiger charge is 2.69. The van der Waals surface area contributed by atoms with Crippen molar-refractivity contribution in [1.82, 2.24) is 4.98 Å². The van der Waals surface area contributed by atoms with Crippen LogP contribution in [0.15, 0.2) is 73.6 Å². The lowest BCUT2D eigenvalue weighted by Gasteiger charge is -2.45. The van der Waals surface area contributed by atoms with E-state index in [0.717, 1.165) is 20.8 Å². The van der Waals surface area contributed by atoms with Gasteiger partial charge in [0.15, 0.2) is 23.6 Å². The standard InChI is InChI=1S/C42H49NO13/c1-21-19-42(56-28(8)47)31(32(21)51-25(5)44)33(52-26(6)45)22(2)34(53-27(7)46)36(55-40(49)29-15-12-11-13-16-29)39(50-24(4)30-17-14-18-43-20-30)41(9,10)38-35(54-38)23(3)37(42)48/h11-18,20-21,23,31-36,38-39H,2,4,19H2,1,3,5-10H3. The summed E-state index contributed by atoms with van der Waals surface area (Å²) in [6.45, 7) is 19.9. The van der Waals surface area contributed by atoms with Gasteiger partial charge in [0.25, 0.3) is 0 Å². The summed E-state index contributed by atoms with van der Waals surface area (Å²) in [5.74, 6) is -7.55. The van der Waals surface area contributed by atoms with E-state index < -0.39 is 107 Å². The highest BCUT2D eigenvalue weighted by atomic mass is 16.6. The summed E-state index contributed by atoms with van der Waals surface area (Å²) in [4.78, 5) is 85.2. The van der Waals surface area contributed by atoms with Crippen molar-refractivity contribution in [3.05, 3.63) is 84.7 Å². The molecule has 1 aromatic carbocycles. The summed E-state index contributed by atoms with van der Waals surface area (Å²) in [6, 6.07) is 11.5. The molecule has 11 unspecified atom stereocenters. The van der Waals surface area contributed by atoms with E-state index in [4.69, 9.17) is 33.2 Å². The van der Waals surface area contributed by atoms with E-state index in [1.54, 1.807) is 64.2 Å². The second-order valence-electron chi connectivity index (χ2n) is 15.3. The Morgan fingerprint density at radius 2 is 1.39 bits per heavy atom. The molecule has 11 atom stereocenters. The van der Waals surface area contributed by atoms with Crippen molar-refractivity contribution in [2.45, 2.75) is 110 Å². The SMILES string of the molecule is C=C(OC1C(OC(=O)c2ccccc2)C(OC(C)=O)C(=C)C(OC(C)=O)C2C(OC(C)=O)C(C)CC2(OC(C)=O)C(=O)C(C)C2OC2C1(C)C)c1cccnc1. The van der Waals surface area contributed by atoms with Gasteiger partial charge in [-0.25, -0.2) is 4.79 Å². The number of Topliss-reactive ketones (excluding diaryl/α,β-unsaturated/α-hetero) is 1. The fraction of sp³-hybridized carbons (Fsp3) is 0.500. The maximum absolute atomic E-state index is 15.1. The van der Waals surface area contributed by atoms with E-state index in [1.807, 2.05) is 0 Å². The van der Waals surface area contributed by atoms with Crippen molar-refractivity contribution >= 4 is 41.4 Å². The van der Waals surface area contributed by atoms with E-state index in [-0.39, 0.29) is 23.3 Å². The number of aromatic nitrogens is 1. The molecule has 1 aliphatic heterocycles. The fourth-order valence-corrected chi connectivity index (χ4v) is 8.32. The zero-order chi connectivity index (χ0) is 41.3. The number of hydrogen-bond donors (Lipinski definition) is 0. The molecule has 56 heavy (non-hydrogen) atoms. The van der Waals surface area contributed by atoms with Crippen LogP contribution in [0.3, 0.4) is 0 Å². The number of ketones is 1. The number of fused-ring (bicyclic) bond motifs is 2. The van der Waals surface area contributed by atoms with Crippen molar-refractivity contribution in [2.24, 2.45) is 23.2 Å². The molecule has 5 rings (SSSR count). The summed E-state index contributed by atoms with van der Waals surface area (Å²) in [6.07, 6.45) is -5.96. The molecule has 0 bridgehead atoms. The maximum Gasteiger partial charge on any atom is 0.338 e. The van der Waals surface area contributed by atoms with Gasteiger partial charge >= 0.3 is 29.8 Å². The Morgan fingerprint density at radius 3 is 1.96 bits per heavy atom. The third kappa shape index (κ3) is 8.40. The first-order valence-electron chi connectivity index (χ1n) is 18.4. The van der Waals surface area contributed by atoms with Gasteiger partial charge in [0, 0.05) is 69.0 Å². The summed E-state index contributed by atoms with van der Waals surface area (Å²) < 4.78 is 43.2. The summed E-state index contributed by atoms with van der Waals surface area (Å²) >= 11 is 0. The van der Waals surface area contributed by atoms with Gasteiger partial charge < -0.3 is 33.2 Å². The first-order chi connectivity index (χ1) is 26.3. The lowest BCUT2D eigenvalue weighted by atomic mass is 9.69. The number of carbonyl (C=O) groups is 6. The predicted octanol–water partition coefficient (Wildman–Crippen LogP) is 4.98.